The second-order valence-electron chi connectivity index (χ2n) is 7.07. The molecule has 0 radical (unpaired) electrons. The lowest BCUT2D eigenvalue weighted by atomic mass is 10.1. The highest BCUT2D eigenvalue weighted by molar-refractivity contribution is 7.46. The van der Waals surface area contributed by atoms with Crippen molar-refractivity contribution in [2.45, 2.75) is 13.2 Å². The van der Waals surface area contributed by atoms with Gasteiger partial charge in [0.2, 0.25) is 6.73 Å². The Kier molecular flexibility index (Phi) is 6.47. The van der Waals surface area contributed by atoms with Gasteiger partial charge in [-0.1, -0.05) is 17.3 Å². The van der Waals surface area contributed by atoms with E-state index >= 15 is 0 Å². The first kappa shape index (κ1) is 22.6. The van der Waals surface area contributed by atoms with Gasteiger partial charge in [0.05, 0.1) is 11.9 Å². The molecule has 170 valence electrons. The highest BCUT2D eigenvalue weighted by Crippen LogP contribution is 2.35. The van der Waals surface area contributed by atoms with Gasteiger partial charge in [-0.3, -0.25) is 5.73 Å². The number of nitrogens with zero attached hydrogens (tertiary/aromatic N) is 3. The minimum atomic E-state index is -4.64. The molecule has 0 amide bonds. The predicted molar refractivity (Wildman–Crippen MR) is 116 cm³/mol. The second kappa shape index (κ2) is 9.47. The van der Waals surface area contributed by atoms with Crippen LogP contribution in [0.1, 0.15) is 11.3 Å². The van der Waals surface area contributed by atoms with E-state index in [-0.39, 0.29) is 11.6 Å². The second-order valence-corrected chi connectivity index (χ2v) is 8.31. The van der Waals surface area contributed by atoms with Gasteiger partial charge in [-0.25, -0.2) is 23.0 Å². The zero-order valence-electron chi connectivity index (χ0n) is 17.1. The quantitative estimate of drug-likeness (QED) is 0.224. The molecule has 12 heteroatoms. The molecular formula is C21H20FN5O5P+. The van der Waals surface area contributed by atoms with E-state index in [1.54, 1.807) is 42.6 Å². The summed E-state index contributed by atoms with van der Waals surface area (Å²) in [6.07, 6.45) is 3.65. The van der Waals surface area contributed by atoms with Crippen molar-refractivity contribution in [3.05, 3.63) is 84.1 Å². The van der Waals surface area contributed by atoms with Crippen LogP contribution in [0, 0.1) is 5.82 Å². The predicted octanol–water partition coefficient (Wildman–Crippen LogP) is 3.15. The number of hydrogen-bond acceptors (Lipinski definition) is 7. The number of halogens is 1. The number of aromatic nitrogens is 3. The van der Waals surface area contributed by atoms with Gasteiger partial charge in [-0.2, -0.15) is 0 Å². The molecule has 4 rings (SSSR count). The summed E-state index contributed by atoms with van der Waals surface area (Å²) in [5, 5.41) is 7.10. The summed E-state index contributed by atoms with van der Waals surface area (Å²) in [6, 6.07) is 14.8. The van der Waals surface area contributed by atoms with Crippen molar-refractivity contribution >= 4 is 25.1 Å². The number of pyridine rings is 2. The molecule has 5 N–H and O–H groups in total. The Labute approximate surface area is 187 Å². The molecule has 10 nitrogen and oxygen atoms in total. The molecule has 0 fully saturated rings. The number of nitrogens with two attached hydrogens (primary N) is 1. The summed E-state index contributed by atoms with van der Waals surface area (Å²) in [5.74, 6) is 0.829. The van der Waals surface area contributed by atoms with Crippen LogP contribution >= 0.6 is 7.82 Å². The number of nitrogen functional groups attached to an aromatic ring is 1. The molecule has 0 unspecified atom stereocenters. The van der Waals surface area contributed by atoms with Gasteiger partial charge in [0, 0.05) is 24.4 Å². The van der Waals surface area contributed by atoms with E-state index in [0.29, 0.717) is 34.9 Å². The van der Waals surface area contributed by atoms with Crippen molar-refractivity contribution < 1.29 is 32.4 Å². The van der Waals surface area contributed by atoms with Crippen molar-refractivity contribution in [2.24, 2.45) is 0 Å². The van der Waals surface area contributed by atoms with E-state index in [0.717, 1.165) is 5.56 Å². The van der Waals surface area contributed by atoms with Crippen LogP contribution in [-0.4, -0.2) is 19.9 Å². The monoisotopic (exact) mass is 472 g/mol. The van der Waals surface area contributed by atoms with Crippen LogP contribution in [0.3, 0.4) is 0 Å². The molecule has 3 aromatic heterocycles. The first-order chi connectivity index (χ1) is 15.8. The molecule has 0 spiro atoms. The van der Waals surface area contributed by atoms with Gasteiger partial charge < -0.3 is 19.6 Å². The summed E-state index contributed by atoms with van der Waals surface area (Å²) in [7, 11) is -4.64. The lowest BCUT2D eigenvalue weighted by molar-refractivity contribution is -0.711. The standard InChI is InChI=1S/C21H19FN5O5P/c22-15-3-1-4-16(10-15)25-20-7-6-14(12-24-20)9-17-11-19(32-26-17)18-5-2-8-27(21(18)23)13-31-33(28,29)30/h1-8,10-12,23H,9,13H2,(H3,24,25,28,29,30)/p+1. The average Bonchev–Trinajstić information content (AvgIpc) is 3.22. The molecule has 0 aliphatic rings. The van der Waals surface area contributed by atoms with E-state index in [1.807, 2.05) is 6.07 Å². The lowest BCUT2D eigenvalue weighted by Crippen LogP contribution is -2.38. The Hall–Kier alpha value is -3.63. The van der Waals surface area contributed by atoms with Crippen LogP contribution in [0.4, 0.5) is 21.7 Å². The topological polar surface area (TPSA) is 148 Å². The third kappa shape index (κ3) is 5.99. The van der Waals surface area contributed by atoms with Crippen LogP contribution < -0.4 is 15.6 Å². The molecule has 4 aromatic rings. The van der Waals surface area contributed by atoms with E-state index < -0.39 is 14.6 Å². The highest BCUT2D eigenvalue weighted by Gasteiger charge is 2.20. The molecule has 0 aliphatic carbocycles. The number of nitrogens with one attached hydrogen (secondary N) is 1. The lowest BCUT2D eigenvalue weighted by Gasteiger charge is -2.07. The minimum Gasteiger partial charge on any atom is -0.356 e. The van der Waals surface area contributed by atoms with Gasteiger partial charge >= 0.3 is 7.82 Å². The third-order valence-electron chi connectivity index (χ3n) is 4.61. The highest BCUT2D eigenvalue weighted by atomic mass is 31.2. The van der Waals surface area contributed by atoms with Crippen LogP contribution in [0.2, 0.25) is 0 Å². The molecule has 0 saturated heterocycles. The molecule has 0 atom stereocenters. The van der Waals surface area contributed by atoms with Crippen LogP contribution in [0.15, 0.2) is 71.5 Å². The number of hydrogen-bond donors (Lipinski definition) is 4. The average molecular weight is 472 g/mol. The first-order valence-electron chi connectivity index (χ1n) is 9.68. The van der Waals surface area contributed by atoms with E-state index in [9.17, 15) is 8.96 Å². The Balaban J connectivity index is 1.44. The van der Waals surface area contributed by atoms with Crippen molar-refractivity contribution in [1.82, 2.24) is 10.1 Å². The number of phosphoric ester groups is 1. The first-order valence-corrected chi connectivity index (χ1v) is 11.2. The minimum absolute atomic E-state index is 0.197. The Morgan fingerprint density at radius 1 is 1.18 bits per heavy atom. The maximum Gasteiger partial charge on any atom is 0.472 e. The Morgan fingerprint density at radius 3 is 2.76 bits per heavy atom. The molecule has 33 heavy (non-hydrogen) atoms. The number of benzene rings is 1. The van der Waals surface area contributed by atoms with Crippen molar-refractivity contribution in [3.63, 3.8) is 0 Å². The van der Waals surface area contributed by atoms with Gasteiger partial charge in [0.15, 0.2) is 5.76 Å². The maximum absolute atomic E-state index is 13.3. The fourth-order valence-corrected chi connectivity index (χ4v) is 3.35. The van der Waals surface area contributed by atoms with Gasteiger partial charge in [-0.05, 0) is 42.0 Å². The maximum atomic E-state index is 13.3. The largest absolute Gasteiger partial charge is 0.472 e. The molecular weight excluding hydrogens is 452 g/mol. The fraction of sp³-hybridized carbons (Fsp3) is 0.0952. The Bertz CT molecular complexity index is 1310. The SMILES string of the molecule is Nc1c(-c2cc(Cc3ccc(Nc4cccc(F)c4)nc3)no2)ccc[n+]1COP(=O)(O)O. The van der Waals surface area contributed by atoms with Gasteiger partial charge in [0.25, 0.3) is 5.82 Å². The zero-order valence-corrected chi connectivity index (χ0v) is 18.0. The van der Waals surface area contributed by atoms with E-state index in [4.69, 9.17) is 20.0 Å². The van der Waals surface area contributed by atoms with E-state index in [1.165, 1.54) is 22.9 Å². The van der Waals surface area contributed by atoms with Crippen LogP contribution in [-0.2, 0) is 22.2 Å². The van der Waals surface area contributed by atoms with Crippen molar-refractivity contribution in [1.29, 1.82) is 0 Å². The summed E-state index contributed by atoms with van der Waals surface area (Å²) in [4.78, 5) is 22.1. The van der Waals surface area contributed by atoms with Gasteiger partial charge in [-0.15, -0.1) is 0 Å². The summed E-state index contributed by atoms with van der Waals surface area (Å²) in [5.41, 5.74) is 8.71. The van der Waals surface area contributed by atoms with E-state index in [2.05, 4.69) is 20.0 Å². The van der Waals surface area contributed by atoms with Crippen LogP contribution in [0.5, 0.6) is 0 Å². The molecule has 0 bridgehead atoms. The van der Waals surface area contributed by atoms with Gasteiger partial charge in [0.1, 0.15) is 17.2 Å². The summed E-state index contributed by atoms with van der Waals surface area (Å²) < 4.78 is 35.5. The van der Waals surface area contributed by atoms with Crippen molar-refractivity contribution in [3.8, 4) is 11.3 Å². The molecule has 1 aromatic carbocycles. The number of phosphoric acid groups is 1. The summed E-state index contributed by atoms with van der Waals surface area (Å²) in [6.45, 7) is -0.424. The smallest absolute Gasteiger partial charge is 0.356 e. The number of anilines is 3. The molecule has 0 saturated carbocycles. The van der Waals surface area contributed by atoms with Crippen LogP contribution in [0.25, 0.3) is 11.3 Å². The third-order valence-corrected chi connectivity index (χ3v) is 5.06. The zero-order chi connectivity index (χ0) is 23.4. The Morgan fingerprint density at radius 2 is 2.03 bits per heavy atom. The van der Waals surface area contributed by atoms with Crippen molar-refractivity contribution in [2.75, 3.05) is 11.1 Å². The number of rotatable bonds is 8. The molecule has 3 heterocycles. The summed E-state index contributed by atoms with van der Waals surface area (Å²) >= 11 is 0. The fourth-order valence-electron chi connectivity index (χ4n) is 3.07. The molecule has 0 aliphatic heterocycles. The normalized spacial score (nSPS) is 11.5.